The van der Waals surface area contributed by atoms with Gasteiger partial charge in [0.1, 0.15) is 0 Å². The molecule has 0 aromatic carbocycles. The summed E-state index contributed by atoms with van der Waals surface area (Å²) in [6.45, 7) is 3.53. The van der Waals surface area contributed by atoms with Crippen LogP contribution >= 0.6 is 0 Å². The van der Waals surface area contributed by atoms with Gasteiger partial charge in [0.15, 0.2) is 0 Å². The van der Waals surface area contributed by atoms with Gasteiger partial charge in [0.25, 0.3) is 0 Å². The number of amides is 2. The van der Waals surface area contributed by atoms with E-state index in [0.29, 0.717) is 19.1 Å². The van der Waals surface area contributed by atoms with Gasteiger partial charge in [0.2, 0.25) is 0 Å². The molecule has 3 aliphatic rings. The van der Waals surface area contributed by atoms with E-state index in [2.05, 4.69) is 10.2 Å². The van der Waals surface area contributed by atoms with Crippen LogP contribution in [0.5, 0.6) is 0 Å². The Labute approximate surface area is 125 Å². The number of nitrogens with zero attached hydrogens (tertiary/aromatic N) is 2. The number of carbonyl (C=O) groups is 2. The minimum Gasteiger partial charge on any atom is -0.481 e. The third-order valence-corrected chi connectivity index (χ3v) is 5.20. The third-order valence-electron chi connectivity index (χ3n) is 5.20. The van der Waals surface area contributed by atoms with E-state index in [0.717, 1.165) is 19.4 Å². The normalized spacial score (nSPS) is 33.0. The van der Waals surface area contributed by atoms with Crippen molar-refractivity contribution in [1.82, 2.24) is 15.1 Å². The molecule has 0 radical (unpaired) electrons. The van der Waals surface area contributed by atoms with E-state index < -0.39 is 5.97 Å². The zero-order chi connectivity index (χ0) is 14.8. The van der Waals surface area contributed by atoms with Gasteiger partial charge in [-0.25, -0.2) is 4.79 Å². The van der Waals surface area contributed by atoms with E-state index >= 15 is 0 Å². The Morgan fingerprint density at radius 2 is 1.95 bits per heavy atom. The van der Waals surface area contributed by atoms with Crippen LogP contribution in [0.2, 0.25) is 0 Å². The van der Waals surface area contributed by atoms with Crippen LogP contribution in [0.1, 0.15) is 38.5 Å². The van der Waals surface area contributed by atoms with Crippen LogP contribution in [-0.2, 0) is 4.79 Å². The topological polar surface area (TPSA) is 72.9 Å². The first-order valence-electron chi connectivity index (χ1n) is 8.15. The van der Waals surface area contributed by atoms with Gasteiger partial charge in [-0.3, -0.25) is 9.69 Å². The highest BCUT2D eigenvalue weighted by Crippen LogP contribution is 2.27. The Bertz CT molecular complexity index is 415. The van der Waals surface area contributed by atoms with Crippen LogP contribution in [0.3, 0.4) is 0 Å². The summed E-state index contributed by atoms with van der Waals surface area (Å²) in [6, 6.07) is 0.789. The second-order valence-electron chi connectivity index (χ2n) is 6.64. The number of rotatable bonds is 3. The molecule has 3 heterocycles. The van der Waals surface area contributed by atoms with Gasteiger partial charge in [0, 0.05) is 38.1 Å². The van der Waals surface area contributed by atoms with Crippen molar-refractivity contribution < 1.29 is 14.7 Å². The fourth-order valence-corrected chi connectivity index (χ4v) is 4.10. The number of aliphatic carboxylic acids is 1. The summed E-state index contributed by atoms with van der Waals surface area (Å²) in [5.41, 5.74) is 0. The first-order valence-corrected chi connectivity index (χ1v) is 8.15. The Kier molecular flexibility index (Phi) is 4.33. The SMILES string of the molecule is O=C(O)CC1CCN(C(=O)NC2CCN3CCCCC23)C1. The first-order chi connectivity index (χ1) is 10.1. The molecule has 6 nitrogen and oxygen atoms in total. The molecule has 3 aliphatic heterocycles. The largest absolute Gasteiger partial charge is 0.481 e. The summed E-state index contributed by atoms with van der Waals surface area (Å²) >= 11 is 0. The number of carboxylic acids is 1. The minimum atomic E-state index is -0.768. The summed E-state index contributed by atoms with van der Waals surface area (Å²) in [7, 11) is 0. The predicted molar refractivity (Wildman–Crippen MR) is 78.1 cm³/mol. The van der Waals surface area contributed by atoms with Crippen LogP contribution in [0.25, 0.3) is 0 Å². The number of carbonyl (C=O) groups excluding carboxylic acids is 1. The van der Waals surface area contributed by atoms with Crippen molar-refractivity contribution in [3.8, 4) is 0 Å². The molecule has 21 heavy (non-hydrogen) atoms. The van der Waals surface area contributed by atoms with Crippen molar-refractivity contribution in [2.24, 2.45) is 5.92 Å². The quantitative estimate of drug-likeness (QED) is 0.818. The van der Waals surface area contributed by atoms with Crippen molar-refractivity contribution in [2.45, 2.75) is 50.6 Å². The van der Waals surface area contributed by atoms with Gasteiger partial charge in [0.05, 0.1) is 0 Å². The summed E-state index contributed by atoms with van der Waals surface area (Å²) in [6.07, 6.45) is 5.75. The van der Waals surface area contributed by atoms with Crippen molar-refractivity contribution >= 4 is 12.0 Å². The molecule has 3 atom stereocenters. The molecule has 0 bridgehead atoms. The average molecular weight is 295 g/mol. The van der Waals surface area contributed by atoms with Gasteiger partial charge in [-0.05, 0) is 38.1 Å². The molecule has 3 rings (SSSR count). The maximum absolute atomic E-state index is 12.4. The van der Waals surface area contributed by atoms with Gasteiger partial charge < -0.3 is 15.3 Å². The number of piperidine rings is 1. The molecule has 2 N–H and O–H groups in total. The van der Waals surface area contributed by atoms with Crippen LogP contribution in [0, 0.1) is 5.92 Å². The molecule has 0 aliphatic carbocycles. The number of fused-ring (bicyclic) bond motifs is 1. The summed E-state index contributed by atoms with van der Waals surface area (Å²) in [5.74, 6) is -0.654. The summed E-state index contributed by atoms with van der Waals surface area (Å²) in [4.78, 5) is 27.4. The van der Waals surface area contributed by atoms with Crippen molar-refractivity contribution in [3.05, 3.63) is 0 Å². The molecular weight excluding hydrogens is 270 g/mol. The lowest BCUT2D eigenvalue weighted by molar-refractivity contribution is -0.138. The predicted octanol–water partition coefficient (Wildman–Crippen LogP) is 1.12. The molecule has 3 saturated heterocycles. The Morgan fingerprint density at radius 3 is 2.76 bits per heavy atom. The van der Waals surface area contributed by atoms with Crippen molar-refractivity contribution in [2.75, 3.05) is 26.2 Å². The third kappa shape index (κ3) is 3.31. The standard InChI is InChI=1S/C15H25N3O3/c19-14(20)9-11-4-7-18(10-11)15(21)16-12-5-8-17-6-2-1-3-13(12)17/h11-13H,1-10H2,(H,16,21)(H,19,20). The first kappa shape index (κ1) is 14.6. The molecule has 3 fully saturated rings. The highest BCUT2D eigenvalue weighted by Gasteiger charge is 2.37. The molecule has 0 aromatic rings. The van der Waals surface area contributed by atoms with E-state index in [1.807, 2.05) is 0 Å². The number of likely N-dealkylation sites (tertiary alicyclic amines) is 1. The summed E-state index contributed by atoms with van der Waals surface area (Å²) in [5, 5.41) is 12.0. The number of nitrogens with one attached hydrogen (secondary N) is 1. The van der Waals surface area contributed by atoms with Crippen LogP contribution in [0.15, 0.2) is 0 Å². The van der Waals surface area contributed by atoms with Gasteiger partial charge >= 0.3 is 12.0 Å². The highest BCUT2D eigenvalue weighted by molar-refractivity contribution is 5.75. The summed E-state index contributed by atoms with van der Waals surface area (Å²) < 4.78 is 0. The second kappa shape index (κ2) is 6.22. The number of hydrogen-bond acceptors (Lipinski definition) is 3. The molecule has 118 valence electrons. The highest BCUT2D eigenvalue weighted by atomic mass is 16.4. The number of hydrogen-bond donors (Lipinski definition) is 2. The van der Waals surface area contributed by atoms with Gasteiger partial charge in [-0.1, -0.05) is 6.42 Å². The Morgan fingerprint density at radius 1 is 1.10 bits per heavy atom. The molecule has 0 aromatic heterocycles. The van der Waals surface area contributed by atoms with E-state index in [1.54, 1.807) is 4.90 Å². The zero-order valence-electron chi connectivity index (χ0n) is 12.5. The smallest absolute Gasteiger partial charge is 0.317 e. The number of carboxylic acid groups (broad SMARTS) is 1. The number of urea groups is 1. The lowest BCUT2D eigenvalue weighted by Crippen LogP contribution is -2.50. The van der Waals surface area contributed by atoms with E-state index in [-0.39, 0.29) is 24.4 Å². The van der Waals surface area contributed by atoms with E-state index in [4.69, 9.17) is 5.11 Å². The van der Waals surface area contributed by atoms with Gasteiger partial charge in [-0.2, -0.15) is 0 Å². The maximum Gasteiger partial charge on any atom is 0.317 e. The minimum absolute atomic E-state index is 0.000289. The van der Waals surface area contributed by atoms with Crippen molar-refractivity contribution in [3.63, 3.8) is 0 Å². The second-order valence-corrected chi connectivity index (χ2v) is 6.64. The monoisotopic (exact) mass is 295 g/mol. The molecule has 2 amide bonds. The molecule has 0 spiro atoms. The fourth-order valence-electron chi connectivity index (χ4n) is 4.10. The zero-order valence-corrected chi connectivity index (χ0v) is 12.5. The Balaban J connectivity index is 1.49. The van der Waals surface area contributed by atoms with E-state index in [1.165, 1.54) is 25.8 Å². The molecule has 6 heteroatoms. The lowest BCUT2D eigenvalue weighted by Gasteiger charge is -2.33. The Hall–Kier alpha value is -1.30. The average Bonchev–Trinajstić information content (AvgIpc) is 3.06. The van der Waals surface area contributed by atoms with Crippen LogP contribution in [0.4, 0.5) is 4.79 Å². The molecule has 0 saturated carbocycles. The van der Waals surface area contributed by atoms with Gasteiger partial charge in [-0.15, -0.1) is 0 Å². The molecular formula is C15H25N3O3. The molecule has 3 unspecified atom stereocenters. The lowest BCUT2D eigenvalue weighted by atomic mass is 9.99. The van der Waals surface area contributed by atoms with Crippen LogP contribution in [-0.4, -0.2) is 65.2 Å². The van der Waals surface area contributed by atoms with Crippen molar-refractivity contribution in [1.29, 1.82) is 0 Å². The fraction of sp³-hybridized carbons (Fsp3) is 0.867. The van der Waals surface area contributed by atoms with E-state index in [9.17, 15) is 9.59 Å². The maximum atomic E-state index is 12.4. The van der Waals surface area contributed by atoms with Crippen LogP contribution < -0.4 is 5.32 Å².